The fourth-order valence-corrected chi connectivity index (χ4v) is 3.46. The standard InChI is InChI=1S/C13H17Cl2NO3S/c1-9(11-4-5-12(14)13(15)8-11)20(18,19)7-3-6-16-10(2)17/h4-5,8-9H,3,6-7H2,1-2H3,(H,16,17)/t9-/m0/s1. The molecule has 0 unspecified atom stereocenters. The van der Waals surface area contributed by atoms with E-state index >= 15 is 0 Å². The molecule has 0 fully saturated rings. The Hall–Kier alpha value is -0.780. The number of carbonyl (C=O) groups is 1. The van der Waals surface area contributed by atoms with Gasteiger partial charge in [0, 0.05) is 13.5 Å². The van der Waals surface area contributed by atoms with Crippen LogP contribution < -0.4 is 5.32 Å². The van der Waals surface area contributed by atoms with Gasteiger partial charge in [0.1, 0.15) is 0 Å². The van der Waals surface area contributed by atoms with Crippen molar-refractivity contribution in [2.45, 2.75) is 25.5 Å². The minimum atomic E-state index is -3.29. The molecule has 0 saturated heterocycles. The molecule has 0 radical (unpaired) electrons. The molecule has 0 spiro atoms. The van der Waals surface area contributed by atoms with Crippen LogP contribution in [0.3, 0.4) is 0 Å². The molecule has 0 heterocycles. The lowest BCUT2D eigenvalue weighted by molar-refractivity contribution is -0.118. The molecule has 0 aliphatic rings. The Morgan fingerprint density at radius 1 is 1.30 bits per heavy atom. The van der Waals surface area contributed by atoms with E-state index in [9.17, 15) is 13.2 Å². The number of rotatable bonds is 6. The number of halogens is 2. The van der Waals surface area contributed by atoms with Crippen molar-refractivity contribution in [3.05, 3.63) is 33.8 Å². The molecular weight excluding hydrogens is 321 g/mol. The maximum atomic E-state index is 12.2. The Balaban J connectivity index is 2.71. The Morgan fingerprint density at radius 3 is 2.50 bits per heavy atom. The van der Waals surface area contributed by atoms with E-state index in [1.165, 1.54) is 6.92 Å². The molecule has 1 aromatic rings. The molecule has 0 bridgehead atoms. The van der Waals surface area contributed by atoms with Crippen LogP contribution >= 0.6 is 23.2 Å². The number of hydrogen-bond acceptors (Lipinski definition) is 3. The fourth-order valence-electron chi connectivity index (χ4n) is 1.69. The average Bonchev–Trinajstić information content (AvgIpc) is 2.37. The third-order valence-electron chi connectivity index (χ3n) is 2.93. The van der Waals surface area contributed by atoms with Gasteiger partial charge in [0.2, 0.25) is 5.91 Å². The second-order valence-electron chi connectivity index (χ2n) is 4.52. The first-order valence-corrected chi connectivity index (χ1v) is 8.62. The fraction of sp³-hybridized carbons (Fsp3) is 0.462. The molecular formula is C13H17Cl2NO3S. The predicted octanol–water partition coefficient (Wildman–Crippen LogP) is 3.00. The van der Waals surface area contributed by atoms with Crippen LogP contribution in [-0.4, -0.2) is 26.6 Å². The van der Waals surface area contributed by atoms with Crippen molar-refractivity contribution in [1.29, 1.82) is 0 Å². The zero-order valence-corrected chi connectivity index (χ0v) is 13.6. The van der Waals surface area contributed by atoms with E-state index < -0.39 is 15.1 Å². The van der Waals surface area contributed by atoms with E-state index in [1.807, 2.05) is 0 Å². The van der Waals surface area contributed by atoms with Gasteiger partial charge in [-0.1, -0.05) is 29.3 Å². The summed E-state index contributed by atoms with van der Waals surface area (Å²) >= 11 is 11.7. The van der Waals surface area contributed by atoms with Crippen LogP contribution in [0.25, 0.3) is 0 Å². The summed E-state index contributed by atoms with van der Waals surface area (Å²) in [7, 11) is -3.29. The Kier molecular flexibility index (Phi) is 6.30. The molecule has 7 heteroatoms. The molecule has 20 heavy (non-hydrogen) atoms. The van der Waals surface area contributed by atoms with Crippen molar-refractivity contribution in [3.63, 3.8) is 0 Å². The van der Waals surface area contributed by atoms with Crippen molar-refractivity contribution in [2.24, 2.45) is 0 Å². The van der Waals surface area contributed by atoms with Gasteiger partial charge in [-0.05, 0) is 31.0 Å². The SMILES string of the molecule is CC(=O)NCCCS(=O)(=O)[C@@H](C)c1ccc(Cl)c(Cl)c1. The number of hydrogen-bond donors (Lipinski definition) is 1. The monoisotopic (exact) mass is 337 g/mol. The van der Waals surface area contributed by atoms with Crippen molar-refractivity contribution in [2.75, 3.05) is 12.3 Å². The molecule has 1 atom stereocenters. The molecule has 112 valence electrons. The highest BCUT2D eigenvalue weighted by atomic mass is 35.5. The highest BCUT2D eigenvalue weighted by Gasteiger charge is 2.22. The number of benzene rings is 1. The normalized spacial score (nSPS) is 13.0. The summed E-state index contributed by atoms with van der Waals surface area (Å²) in [5.74, 6) is -0.158. The summed E-state index contributed by atoms with van der Waals surface area (Å²) in [6.45, 7) is 3.36. The highest BCUT2D eigenvalue weighted by molar-refractivity contribution is 7.91. The van der Waals surface area contributed by atoms with Crippen molar-refractivity contribution in [3.8, 4) is 0 Å². The van der Waals surface area contributed by atoms with Crippen molar-refractivity contribution < 1.29 is 13.2 Å². The highest BCUT2D eigenvalue weighted by Crippen LogP contribution is 2.29. The summed E-state index contributed by atoms with van der Waals surface area (Å²) in [6, 6.07) is 4.81. The molecule has 4 nitrogen and oxygen atoms in total. The van der Waals surface area contributed by atoms with Crippen LogP contribution in [-0.2, 0) is 14.6 Å². The zero-order valence-electron chi connectivity index (χ0n) is 11.3. The summed E-state index contributed by atoms with van der Waals surface area (Å²) in [5, 5.41) is 2.65. The number of sulfone groups is 1. The van der Waals surface area contributed by atoms with Crippen LogP contribution in [0.1, 0.15) is 31.1 Å². The predicted molar refractivity (Wildman–Crippen MR) is 82.0 cm³/mol. The molecule has 1 aromatic carbocycles. The molecule has 1 rings (SSSR count). The van der Waals surface area contributed by atoms with Gasteiger partial charge < -0.3 is 5.32 Å². The third-order valence-corrected chi connectivity index (χ3v) is 5.88. The van der Waals surface area contributed by atoms with Gasteiger partial charge in [-0.3, -0.25) is 4.79 Å². The third kappa shape index (κ3) is 4.96. The van der Waals surface area contributed by atoms with Gasteiger partial charge in [-0.25, -0.2) is 8.42 Å². The number of amides is 1. The summed E-state index contributed by atoms with van der Waals surface area (Å²) < 4.78 is 24.4. The van der Waals surface area contributed by atoms with Gasteiger partial charge in [0.05, 0.1) is 21.0 Å². The number of carbonyl (C=O) groups excluding carboxylic acids is 1. The van der Waals surface area contributed by atoms with E-state index in [-0.39, 0.29) is 11.7 Å². The van der Waals surface area contributed by atoms with E-state index in [2.05, 4.69) is 5.32 Å². The van der Waals surface area contributed by atoms with Crippen LogP contribution in [0.15, 0.2) is 18.2 Å². The van der Waals surface area contributed by atoms with Crippen LogP contribution in [0.2, 0.25) is 10.0 Å². The first kappa shape index (κ1) is 17.3. The number of nitrogens with one attached hydrogen (secondary N) is 1. The maximum Gasteiger partial charge on any atom is 0.216 e. The second-order valence-corrected chi connectivity index (χ2v) is 7.77. The Morgan fingerprint density at radius 2 is 1.95 bits per heavy atom. The quantitative estimate of drug-likeness (QED) is 0.811. The lowest BCUT2D eigenvalue weighted by Crippen LogP contribution is -2.24. The van der Waals surface area contributed by atoms with Gasteiger partial charge >= 0.3 is 0 Å². The smallest absolute Gasteiger partial charge is 0.216 e. The summed E-state index contributed by atoms with van der Waals surface area (Å²) in [5.41, 5.74) is 0.610. The summed E-state index contributed by atoms with van der Waals surface area (Å²) in [4.78, 5) is 10.7. The topological polar surface area (TPSA) is 63.2 Å². The first-order valence-electron chi connectivity index (χ1n) is 6.15. The van der Waals surface area contributed by atoms with Crippen molar-refractivity contribution in [1.82, 2.24) is 5.32 Å². The average molecular weight is 338 g/mol. The van der Waals surface area contributed by atoms with Gasteiger partial charge in [0.15, 0.2) is 9.84 Å². The lowest BCUT2D eigenvalue weighted by Gasteiger charge is -2.14. The van der Waals surface area contributed by atoms with E-state index in [4.69, 9.17) is 23.2 Å². The molecule has 0 saturated carbocycles. The molecule has 1 N–H and O–H groups in total. The first-order chi connectivity index (χ1) is 9.24. The Bertz CT molecular complexity index is 587. The van der Waals surface area contributed by atoms with Gasteiger partial charge in [-0.2, -0.15) is 0 Å². The van der Waals surface area contributed by atoms with Gasteiger partial charge in [-0.15, -0.1) is 0 Å². The largest absolute Gasteiger partial charge is 0.356 e. The molecule has 0 aromatic heterocycles. The van der Waals surface area contributed by atoms with Crippen LogP contribution in [0.5, 0.6) is 0 Å². The van der Waals surface area contributed by atoms with E-state index in [0.29, 0.717) is 28.6 Å². The Labute approximate surface area is 129 Å². The van der Waals surface area contributed by atoms with Crippen LogP contribution in [0, 0.1) is 0 Å². The van der Waals surface area contributed by atoms with Crippen molar-refractivity contribution >= 4 is 38.9 Å². The minimum Gasteiger partial charge on any atom is -0.356 e. The second kappa shape index (κ2) is 7.29. The maximum absolute atomic E-state index is 12.2. The minimum absolute atomic E-state index is 0.00862. The van der Waals surface area contributed by atoms with Crippen LogP contribution in [0.4, 0.5) is 0 Å². The molecule has 0 aliphatic heterocycles. The molecule has 0 aliphatic carbocycles. The lowest BCUT2D eigenvalue weighted by atomic mass is 10.2. The molecule has 1 amide bonds. The van der Waals surface area contributed by atoms with Gasteiger partial charge in [0.25, 0.3) is 0 Å². The van der Waals surface area contributed by atoms with E-state index in [1.54, 1.807) is 25.1 Å². The summed E-state index contributed by atoms with van der Waals surface area (Å²) in [6.07, 6.45) is 0.383. The zero-order chi connectivity index (χ0) is 15.3. The van der Waals surface area contributed by atoms with E-state index in [0.717, 1.165) is 0 Å².